The van der Waals surface area contributed by atoms with E-state index in [1.54, 1.807) is 42.5 Å². The van der Waals surface area contributed by atoms with Gasteiger partial charge in [-0.25, -0.2) is 4.90 Å². The van der Waals surface area contributed by atoms with Crippen molar-refractivity contribution in [3.8, 4) is 0 Å². The topological polar surface area (TPSA) is 80.8 Å². The van der Waals surface area contributed by atoms with E-state index in [9.17, 15) is 32.3 Å². The lowest BCUT2D eigenvalue weighted by Crippen LogP contribution is -2.51. The summed E-state index contributed by atoms with van der Waals surface area (Å²) in [7, 11) is 0. The highest BCUT2D eigenvalue weighted by Gasteiger charge is 2.74. The van der Waals surface area contributed by atoms with Gasteiger partial charge in [0.25, 0.3) is 0 Å². The third-order valence-corrected chi connectivity index (χ3v) is 7.08. The molecule has 180 valence electrons. The number of hydrogen-bond acceptors (Lipinski definition) is 5. The number of halogens is 3. The maximum Gasteiger partial charge on any atom is 0.416 e. The van der Waals surface area contributed by atoms with Crippen LogP contribution in [0.4, 0.5) is 18.9 Å². The smallest absolute Gasteiger partial charge is 0.349 e. The minimum Gasteiger partial charge on any atom is -0.349 e. The minimum absolute atomic E-state index is 0.0766. The van der Waals surface area contributed by atoms with E-state index in [4.69, 9.17) is 4.74 Å². The first-order valence-electron chi connectivity index (χ1n) is 11.1. The molecule has 3 atom stereocenters. The van der Waals surface area contributed by atoms with Crippen LogP contribution in [0.25, 0.3) is 0 Å². The number of amides is 2. The Hall–Kier alpha value is -4.11. The second-order valence-corrected chi connectivity index (χ2v) is 8.95. The zero-order chi connectivity index (χ0) is 25.4. The van der Waals surface area contributed by atoms with Gasteiger partial charge in [0, 0.05) is 11.1 Å². The van der Waals surface area contributed by atoms with E-state index < -0.39 is 58.7 Å². The molecule has 0 radical (unpaired) electrons. The standard InChI is InChI=1S/C27H16F3NO5/c28-27(29,30)15-9-6-10-16(13-15)31-24(34)19-20(25(31)35)26(36-21(19)14-7-2-1-3-8-14)22(32)17-11-4-5-12-18(17)23(26)33/h1-13,19-21H/t19-,20-,21-/m0/s1. The normalized spacial score (nSPS) is 24.5. The van der Waals surface area contributed by atoms with Crippen LogP contribution in [-0.2, 0) is 20.5 Å². The van der Waals surface area contributed by atoms with Crippen molar-refractivity contribution < 1.29 is 37.1 Å². The van der Waals surface area contributed by atoms with Crippen molar-refractivity contribution in [1.82, 2.24) is 0 Å². The molecule has 3 aromatic carbocycles. The summed E-state index contributed by atoms with van der Waals surface area (Å²) in [5, 5.41) is 0. The molecule has 6 rings (SSSR count). The lowest BCUT2D eigenvalue weighted by molar-refractivity contribution is -0.137. The fourth-order valence-electron chi connectivity index (χ4n) is 5.54. The molecular formula is C27H16F3NO5. The minimum atomic E-state index is -4.70. The Morgan fingerprint density at radius 1 is 0.750 bits per heavy atom. The highest BCUT2D eigenvalue weighted by atomic mass is 19.4. The third-order valence-electron chi connectivity index (χ3n) is 7.08. The molecule has 6 nitrogen and oxygen atoms in total. The molecule has 2 heterocycles. The van der Waals surface area contributed by atoms with Gasteiger partial charge in [0.05, 0.1) is 29.2 Å². The molecule has 2 saturated heterocycles. The number of ketones is 2. The second-order valence-electron chi connectivity index (χ2n) is 8.95. The number of ether oxygens (including phenoxy) is 1. The number of anilines is 1. The second kappa shape index (κ2) is 7.44. The van der Waals surface area contributed by atoms with Crippen LogP contribution in [0.5, 0.6) is 0 Å². The number of carbonyl (C=O) groups excluding carboxylic acids is 4. The third kappa shape index (κ3) is 2.83. The van der Waals surface area contributed by atoms with E-state index in [-0.39, 0.29) is 16.8 Å². The lowest BCUT2D eigenvalue weighted by Gasteiger charge is -2.27. The number of carbonyl (C=O) groups is 4. The Kier molecular flexibility index (Phi) is 4.62. The average molecular weight is 491 g/mol. The summed E-state index contributed by atoms with van der Waals surface area (Å²) in [6, 6.07) is 18.2. The molecule has 3 aromatic rings. The fourth-order valence-corrected chi connectivity index (χ4v) is 5.54. The number of Topliss-reactive ketones (excluding diaryl/α,β-unsaturated/α-hetero) is 2. The van der Waals surface area contributed by atoms with Gasteiger partial charge in [0.1, 0.15) is 0 Å². The number of alkyl halides is 3. The fraction of sp³-hybridized carbons (Fsp3) is 0.185. The van der Waals surface area contributed by atoms with Gasteiger partial charge in [-0.15, -0.1) is 0 Å². The monoisotopic (exact) mass is 491 g/mol. The first-order chi connectivity index (χ1) is 17.2. The van der Waals surface area contributed by atoms with Crippen LogP contribution >= 0.6 is 0 Å². The van der Waals surface area contributed by atoms with Gasteiger partial charge in [0.2, 0.25) is 29.0 Å². The molecule has 2 amide bonds. The maximum absolute atomic E-state index is 13.8. The van der Waals surface area contributed by atoms with E-state index in [0.29, 0.717) is 16.5 Å². The van der Waals surface area contributed by atoms with Crippen molar-refractivity contribution in [2.45, 2.75) is 17.9 Å². The van der Waals surface area contributed by atoms with Crippen LogP contribution in [-0.4, -0.2) is 29.0 Å². The summed E-state index contributed by atoms with van der Waals surface area (Å²) in [4.78, 5) is 55.4. The van der Waals surface area contributed by atoms with Crippen molar-refractivity contribution in [1.29, 1.82) is 0 Å². The van der Waals surface area contributed by atoms with Crippen molar-refractivity contribution in [3.63, 3.8) is 0 Å². The number of benzene rings is 3. The van der Waals surface area contributed by atoms with Gasteiger partial charge in [0.15, 0.2) is 0 Å². The maximum atomic E-state index is 13.8. The molecule has 1 spiro atoms. The van der Waals surface area contributed by atoms with Crippen LogP contribution in [0.3, 0.4) is 0 Å². The summed E-state index contributed by atoms with van der Waals surface area (Å²) < 4.78 is 46.2. The van der Waals surface area contributed by atoms with Crippen molar-refractivity contribution in [2.24, 2.45) is 11.8 Å². The van der Waals surface area contributed by atoms with Gasteiger partial charge in [-0.05, 0) is 23.8 Å². The molecule has 36 heavy (non-hydrogen) atoms. The summed E-state index contributed by atoms with van der Waals surface area (Å²) in [6.45, 7) is 0. The van der Waals surface area contributed by atoms with E-state index in [0.717, 1.165) is 12.1 Å². The van der Waals surface area contributed by atoms with Crippen LogP contribution in [0.1, 0.15) is 37.9 Å². The Morgan fingerprint density at radius 2 is 1.36 bits per heavy atom. The predicted molar refractivity (Wildman–Crippen MR) is 119 cm³/mol. The van der Waals surface area contributed by atoms with Crippen LogP contribution in [0.2, 0.25) is 0 Å². The molecule has 0 aromatic heterocycles. The predicted octanol–water partition coefficient (Wildman–Crippen LogP) is 4.40. The van der Waals surface area contributed by atoms with Gasteiger partial charge < -0.3 is 4.74 Å². The summed E-state index contributed by atoms with van der Waals surface area (Å²) in [5.74, 6) is -6.05. The van der Waals surface area contributed by atoms with Crippen LogP contribution < -0.4 is 4.90 Å². The first-order valence-corrected chi connectivity index (χ1v) is 11.1. The first kappa shape index (κ1) is 22.4. The van der Waals surface area contributed by atoms with Crippen LogP contribution in [0.15, 0.2) is 78.9 Å². The molecule has 0 N–H and O–H groups in total. The Balaban J connectivity index is 1.53. The highest BCUT2D eigenvalue weighted by Crippen LogP contribution is 2.57. The number of rotatable bonds is 2. The molecule has 3 aliphatic rings. The molecule has 2 aliphatic heterocycles. The Labute approximate surface area is 202 Å². The van der Waals surface area contributed by atoms with Crippen LogP contribution in [0, 0.1) is 11.8 Å². The van der Waals surface area contributed by atoms with E-state index >= 15 is 0 Å². The Morgan fingerprint density at radius 3 is 1.97 bits per heavy atom. The van der Waals surface area contributed by atoms with E-state index in [2.05, 4.69) is 0 Å². The average Bonchev–Trinajstić information content (AvgIpc) is 3.44. The summed E-state index contributed by atoms with van der Waals surface area (Å²) in [6.07, 6.45) is -5.83. The lowest BCUT2D eigenvalue weighted by atomic mass is 9.77. The zero-order valence-corrected chi connectivity index (χ0v) is 18.4. The number of fused-ring (bicyclic) bond motifs is 3. The zero-order valence-electron chi connectivity index (χ0n) is 18.4. The molecule has 0 bridgehead atoms. The van der Waals surface area contributed by atoms with Gasteiger partial charge in [-0.3, -0.25) is 19.2 Å². The molecule has 0 saturated carbocycles. The number of nitrogens with zero attached hydrogens (tertiary/aromatic N) is 1. The highest BCUT2D eigenvalue weighted by molar-refractivity contribution is 6.37. The van der Waals surface area contributed by atoms with Crippen molar-refractivity contribution in [2.75, 3.05) is 4.90 Å². The molecular weight excluding hydrogens is 475 g/mol. The molecule has 0 unspecified atom stereocenters. The van der Waals surface area contributed by atoms with Gasteiger partial charge in [-0.2, -0.15) is 13.2 Å². The van der Waals surface area contributed by atoms with Gasteiger partial charge >= 0.3 is 6.18 Å². The van der Waals surface area contributed by atoms with E-state index in [1.165, 1.54) is 18.2 Å². The SMILES string of the molecule is O=C1[C@H]2[C@@H](C(=O)N1c1cccc(C(F)(F)F)c1)C1(O[C@H]2c2ccccc2)C(=O)c2ccccc2C1=O. The molecule has 9 heteroatoms. The molecule has 2 fully saturated rings. The number of imide groups is 1. The van der Waals surface area contributed by atoms with E-state index in [1.807, 2.05) is 0 Å². The largest absolute Gasteiger partial charge is 0.416 e. The molecule has 1 aliphatic carbocycles. The van der Waals surface area contributed by atoms with Crippen molar-refractivity contribution >= 4 is 29.1 Å². The van der Waals surface area contributed by atoms with Crippen molar-refractivity contribution in [3.05, 3.63) is 101 Å². The Bertz CT molecular complexity index is 1430. The quantitative estimate of drug-likeness (QED) is 0.392. The summed E-state index contributed by atoms with van der Waals surface area (Å²) >= 11 is 0. The summed E-state index contributed by atoms with van der Waals surface area (Å²) in [5.41, 5.74) is -2.98. The number of hydrogen-bond donors (Lipinski definition) is 0. The van der Waals surface area contributed by atoms with Gasteiger partial charge in [-0.1, -0.05) is 60.7 Å².